The number of rotatable bonds is 7. The average Bonchev–Trinajstić information content (AvgIpc) is 2.93. The van der Waals surface area contributed by atoms with Crippen LogP contribution in [0.1, 0.15) is 37.3 Å². The molecule has 0 aliphatic carbocycles. The van der Waals surface area contributed by atoms with E-state index in [4.69, 9.17) is 9.15 Å². The van der Waals surface area contributed by atoms with E-state index in [9.17, 15) is 19.8 Å². The van der Waals surface area contributed by atoms with Gasteiger partial charge in [-0.05, 0) is 38.6 Å². The standard InChI is InChI=1S/C32H34N2O6/c1-20(2)39-23-11-9-21(10-12-23)24(17-29(38)34-15-13-33(3)14-16-34)30-25(35)18-26(36)31-27(37)19-28(40-32(30)31)22-7-5-4-6-8-22/h4-12,18-20,24,35-36H,13-17H2,1-3H3/t24-/m0/s1. The number of likely N-dealkylation sites (N-methyl/N-ethyl adjacent to an activating group) is 1. The van der Waals surface area contributed by atoms with Crippen molar-refractivity contribution < 1.29 is 24.2 Å². The second-order valence-electron chi connectivity index (χ2n) is 10.5. The van der Waals surface area contributed by atoms with E-state index < -0.39 is 11.3 Å². The summed E-state index contributed by atoms with van der Waals surface area (Å²) in [4.78, 5) is 30.9. The fourth-order valence-electron chi connectivity index (χ4n) is 5.20. The molecular formula is C32H34N2O6. The zero-order valence-corrected chi connectivity index (χ0v) is 23.0. The van der Waals surface area contributed by atoms with Crippen LogP contribution in [0.25, 0.3) is 22.3 Å². The van der Waals surface area contributed by atoms with E-state index in [1.54, 1.807) is 0 Å². The second-order valence-corrected chi connectivity index (χ2v) is 10.5. The first kappa shape index (κ1) is 27.3. The van der Waals surface area contributed by atoms with Gasteiger partial charge in [0.15, 0.2) is 5.43 Å². The van der Waals surface area contributed by atoms with Gasteiger partial charge in [0.2, 0.25) is 5.91 Å². The number of fused-ring (bicyclic) bond motifs is 1. The van der Waals surface area contributed by atoms with Crippen LogP contribution in [0.5, 0.6) is 17.2 Å². The van der Waals surface area contributed by atoms with Crippen molar-refractivity contribution in [3.63, 3.8) is 0 Å². The first-order chi connectivity index (χ1) is 19.2. The second kappa shape index (κ2) is 11.4. The van der Waals surface area contributed by atoms with Crippen molar-refractivity contribution in [1.29, 1.82) is 0 Å². The fraction of sp³-hybridized carbons (Fsp3) is 0.312. The highest BCUT2D eigenvalue weighted by molar-refractivity contribution is 5.91. The van der Waals surface area contributed by atoms with E-state index in [2.05, 4.69) is 4.90 Å². The number of carbonyl (C=O) groups is 1. The highest BCUT2D eigenvalue weighted by atomic mass is 16.5. The molecule has 1 saturated heterocycles. The molecule has 208 valence electrons. The summed E-state index contributed by atoms with van der Waals surface area (Å²) in [7, 11) is 2.03. The minimum Gasteiger partial charge on any atom is -0.507 e. The summed E-state index contributed by atoms with van der Waals surface area (Å²) in [6.45, 7) is 6.66. The van der Waals surface area contributed by atoms with Crippen LogP contribution in [-0.2, 0) is 4.79 Å². The lowest BCUT2D eigenvalue weighted by Crippen LogP contribution is -2.47. The van der Waals surface area contributed by atoms with E-state index >= 15 is 0 Å². The van der Waals surface area contributed by atoms with Gasteiger partial charge in [-0.1, -0.05) is 42.5 Å². The summed E-state index contributed by atoms with van der Waals surface area (Å²) in [6.07, 6.45) is 0.0390. The molecule has 2 heterocycles. The smallest absolute Gasteiger partial charge is 0.223 e. The largest absolute Gasteiger partial charge is 0.507 e. The molecule has 1 amide bonds. The number of phenols is 2. The molecule has 2 N–H and O–H groups in total. The van der Waals surface area contributed by atoms with Crippen LogP contribution in [0, 0.1) is 0 Å². The molecule has 1 aromatic heterocycles. The third kappa shape index (κ3) is 5.67. The van der Waals surface area contributed by atoms with Gasteiger partial charge in [0.05, 0.1) is 6.10 Å². The molecule has 0 radical (unpaired) electrons. The molecule has 8 heteroatoms. The Kier molecular flexibility index (Phi) is 7.80. The Bertz CT molecular complexity index is 1550. The Balaban J connectivity index is 1.67. The maximum absolute atomic E-state index is 13.6. The van der Waals surface area contributed by atoms with Gasteiger partial charge in [-0.3, -0.25) is 9.59 Å². The topological polar surface area (TPSA) is 103 Å². The Morgan fingerprint density at radius 1 is 0.950 bits per heavy atom. The Morgan fingerprint density at radius 2 is 1.62 bits per heavy atom. The molecule has 1 atom stereocenters. The molecular weight excluding hydrogens is 508 g/mol. The zero-order valence-electron chi connectivity index (χ0n) is 23.0. The van der Waals surface area contributed by atoms with Gasteiger partial charge in [-0.2, -0.15) is 0 Å². The van der Waals surface area contributed by atoms with Gasteiger partial charge in [-0.25, -0.2) is 0 Å². The van der Waals surface area contributed by atoms with E-state index in [0.29, 0.717) is 30.2 Å². The minimum atomic E-state index is -0.655. The number of nitrogens with zero attached hydrogens (tertiary/aromatic N) is 2. The lowest BCUT2D eigenvalue weighted by Gasteiger charge is -2.33. The summed E-state index contributed by atoms with van der Waals surface area (Å²) in [6, 6.07) is 19.0. The van der Waals surface area contributed by atoms with Gasteiger partial charge in [0.1, 0.15) is 34.0 Å². The predicted molar refractivity (Wildman–Crippen MR) is 154 cm³/mol. The molecule has 0 spiro atoms. The van der Waals surface area contributed by atoms with Crippen LogP contribution in [-0.4, -0.2) is 65.3 Å². The quantitative estimate of drug-likeness (QED) is 0.340. The van der Waals surface area contributed by atoms with Crippen molar-refractivity contribution in [1.82, 2.24) is 9.80 Å². The number of aromatic hydroxyl groups is 2. The van der Waals surface area contributed by atoms with Crippen LogP contribution in [0.4, 0.5) is 0 Å². The molecule has 0 bridgehead atoms. The van der Waals surface area contributed by atoms with Crippen molar-refractivity contribution in [2.45, 2.75) is 32.3 Å². The minimum absolute atomic E-state index is 0.00349. The number of amides is 1. The van der Waals surface area contributed by atoms with E-state index in [1.807, 2.05) is 80.4 Å². The molecule has 8 nitrogen and oxygen atoms in total. The van der Waals surface area contributed by atoms with Gasteiger partial charge in [-0.15, -0.1) is 0 Å². The normalized spacial score (nSPS) is 14.9. The van der Waals surface area contributed by atoms with Crippen molar-refractivity contribution in [2.75, 3.05) is 33.2 Å². The van der Waals surface area contributed by atoms with Crippen LogP contribution < -0.4 is 10.2 Å². The molecule has 40 heavy (non-hydrogen) atoms. The number of carbonyl (C=O) groups excluding carboxylic acids is 1. The Morgan fingerprint density at radius 3 is 2.27 bits per heavy atom. The van der Waals surface area contributed by atoms with Crippen molar-refractivity contribution in [3.05, 3.63) is 88.1 Å². The summed E-state index contributed by atoms with van der Waals surface area (Å²) in [5.41, 5.74) is 1.32. The third-order valence-electron chi connectivity index (χ3n) is 7.29. The zero-order chi connectivity index (χ0) is 28.4. The van der Waals surface area contributed by atoms with Crippen LogP contribution in [0.15, 0.2) is 75.9 Å². The molecule has 0 saturated carbocycles. The Labute approximate surface area is 233 Å². The molecule has 3 aromatic carbocycles. The van der Waals surface area contributed by atoms with Crippen molar-refractivity contribution in [2.24, 2.45) is 0 Å². The number of hydrogen-bond donors (Lipinski definition) is 2. The van der Waals surface area contributed by atoms with E-state index in [-0.39, 0.29) is 46.5 Å². The highest BCUT2D eigenvalue weighted by Crippen LogP contribution is 2.43. The maximum atomic E-state index is 13.6. The molecule has 4 aromatic rings. The molecule has 5 rings (SSSR count). The molecule has 1 aliphatic heterocycles. The monoisotopic (exact) mass is 542 g/mol. The fourth-order valence-corrected chi connectivity index (χ4v) is 5.20. The van der Waals surface area contributed by atoms with E-state index in [0.717, 1.165) is 24.7 Å². The summed E-state index contributed by atoms with van der Waals surface area (Å²) in [5, 5.41) is 21.9. The van der Waals surface area contributed by atoms with Crippen LogP contribution in [0.2, 0.25) is 0 Å². The lowest BCUT2D eigenvalue weighted by molar-refractivity contribution is -0.133. The SMILES string of the molecule is CC(C)Oc1ccc([C@H](CC(=O)N2CCN(C)CC2)c2c(O)cc(O)c3c(=O)cc(-c4ccccc4)oc23)cc1. The first-order valence-electron chi connectivity index (χ1n) is 13.5. The highest BCUT2D eigenvalue weighted by Gasteiger charge is 2.30. The molecule has 1 aliphatic rings. The van der Waals surface area contributed by atoms with Crippen LogP contribution >= 0.6 is 0 Å². The maximum Gasteiger partial charge on any atom is 0.223 e. The van der Waals surface area contributed by atoms with Gasteiger partial charge >= 0.3 is 0 Å². The number of piperazine rings is 1. The summed E-state index contributed by atoms with van der Waals surface area (Å²) in [5.74, 6) is -0.374. The predicted octanol–water partition coefficient (Wildman–Crippen LogP) is 4.95. The molecule has 1 fully saturated rings. The van der Waals surface area contributed by atoms with Crippen molar-refractivity contribution in [3.8, 4) is 28.6 Å². The average molecular weight is 543 g/mol. The Hall–Kier alpha value is -4.30. The number of hydrogen-bond acceptors (Lipinski definition) is 7. The van der Waals surface area contributed by atoms with Gasteiger partial charge < -0.3 is 29.2 Å². The summed E-state index contributed by atoms with van der Waals surface area (Å²) >= 11 is 0. The van der Waals surface area contributed by atoms with Gasteiger partial charge in [0, 0.05) is 61.8 Å². The molecule has 0 unspecified atom stereocenters. The van der Waals surface area contributed by atoms with Crippen molar-refractivity contribution >= 4 is 16.9 Å². The van der Waals surface area contributed by atoms with Crippen LogP contribution in [0.3, 0.4) is 0 Å². The first-order valence-corrected chi connectivity index (χ1v) is 13.5. The number of ether oxygens (including phenoxy) is 1. The lowest BCUT2D eigenvalue weighted by atomic mass is 9.86. The third-order valence-corrected chi connectivity index (χ3v) is 7.29. The van der Waals surface area contributed by atoms with E-state index in [1.165, 1.54) is 6.07 Å². The van der Waals surface area contributed by atoms with Gasteiger partial charge in [0.25, 0.3) is 0 Å². The summed E-state index contributed by atoms with van der Waals surface area (Å²) < 4.78 is 12.1. The number of phenolic OH excluding ortho intramolecular Hbond substituents is 2. The number of benzene rings is 3.